The summed E-state index contributed by atoms with van der Waals surface area (Å²) in [5.74, 6) is -0.184. The molecule has 0 radical (unpaired) electrons. The molecule has 0 aromatic rings. The molecule has 1 amide bonds. The summed E-state index contributed by atoms with van der Waals surface area (Å²) < 4.78 is 23.8. The number of quaternary nitrogens is 1. The predicted molar refractivity (Wildman–Crippen MR) is 332 cm³/mol. The zero-order chi connectivity index (χ0) is 55.6. The Bertz CT molecular complexity index is 1380. The van der Waals surface area contributed by atoms with E-state index in [1.165, 1.54) is 257 Å². The number of nitrogens with zero attached hydrogens (tertiary/aromatic N) is 1. The monoisotopic (exact) mass is 1090 g/mol. The quantitative estimate of drug-likeness (QED) is 0.0243. The molecular weight excluding hydrogens is 960 g/mol. The Morgan fingerprint density at radius 2 is 0.763 bits per heavy atom. The summed E-state index contributed by atoms with van der Waals surface area (Å²) in [6.45, 7) is 4.83. The molecule has 0 spiro atoms. The van der Waals surface area contributed by atoms with Gasteiger partial charge in [0.05, 0.1) is 39.9 Å². The lowest BCUT2D eigenvalue weighted by Crippen LogP contribution is -2.45. The molecule has 0 aromatic carbocycles. The Labute approximate surface area is 473 Å². The standard InChI is InChI=1S/C67H129N2O6P/c1-6-8-10-12-14-16-18-20-22-24-26-28-30-32-33-34-35-37-38-40-42-44-46-48-50-52-54-56-58-60-66(70)65(64-75-76(72,73)74-63-62-69(3,4)5)68-67(71)61-59-57-55-53-51-49-47-45-43-41-39-36-31-29-27-25-23-21-19-17-15-13-11-9-7-2/h19,21,25,27,50,52,58,60,65-66,70H,6-18,20,22-24,26,28-49,51,53-57,59,61-64H2,1-5H3,(H-,68,71,72,73)/p+1/b21-19-,27-25-,52-50+,60-58+. The number of amides is 1. The molecule has 0 aliphatic rings. The van der Waals surface area contributed by atoms with Crippen LogP contribution >= 0.6 is 7.82 Å². The van der Waals surface area contributed by atoms with E-state index < -0.39 is 20.0 Å². The van der Waals surface area contributed by atoms with Crippen LogP contribution in [-0.2, 0) is 18.4 Å². The van der Waals surface area contributed by atoms with Crippen LogP contribution < -0.4 is 5.32 Å². The van der Waals surface area contributed by atoms with Gasteiger partial charge < -0.3 is 19.8 Å². The van der Waals surface area contributed by atoms with Crippen molar-refractivity contribution in [1.29, 1.82) is 0 Å². The minimum atomic E-state index is -4.36. The van der Waals surface area contributed by atoms with E-state index in [4.69, 9.17) is 9.05 Å². The van der Waals surface area contributed by atoms with Crippen molar-refractivity contribution in [3.63, 3.8) is 0 Å². The lowest BCUT2D eigenvalue weighted by atomic mass is 10.0. The van der Waals surface area contributed by atoms with Crippen LogP contribution in [0.25, 0.3) is 0 Å². The van der Waals surface area contributed by atoms with E-state index in [0.29, 0.717) is 17.4 Å². The first kappa shape index (κ1) is 74.5. The molecule has 76 heavy (non-hydrogen) atoms. The van der Waals surface area contributed by atoms with Gasteiger partial charge in [-0.2, -0.15) is 0 Å². The highest BCUT2D eigenvalue weighted by molar-refractivity contribution is 7.47. The summed E-state index contributed by atoms with van der Waals surface area (Å²) in [5, 5.41) is 14.0. The Hall–Kier alpha value is -1.54. The van der Waals surface area contributed by atoms with Crippen molar-refractivity contribution in [2.75, 3.05) is 40.9 Å². The van der Waals surface area contributed by atoms with E-state index in [9.17, 15) is 19.4 Å². The molecular formula is C67H130N2O6P+. The van der Waals surface area contributed by atoms with E-state index in [-0.39, 0.29) is 19.1 Å². The molecule has 3 unspecified atom stereocenters. The molecule has 3 atom stereocenters. The number of allylic oxidation sites excluding steroid dienone is 7. The van der Waals surface area contributed by atoms with E-state index >= 15 is 0 Å². The van der Waals surface area contributed by atoms with Crippen molar-refractivity contribution in [2.45, 2.75) is 334 Å². The second-order valence-electron chi connectivity index (χ2n) is 23.8. The molecule has 448 valence electrons. The first-order valence-corrected chi connectivity index (χ1v) is 34.5. The van der Waals surface area contributed by atoms with Gasteiger partial charge in [-0.1, -0.05) is 300 Å². The third-order valence-electron chi connectivity index (χ3n) is 15.0. The van der Waals surface area contributed by atoms with Gasteiger partial charge in [0.2, 0.25) is 5.91 Å². The maximum atomic E-state index is 13.0. The summed E-state index contributed by atoms with van der Waals surface area (Å²) in [4.78, 5) is 23.4. The van der Waals surface area contributed by atoms with Crippen molar-refractivity contribution >= 4 is 13.7 Å². The molecule has 3 N–H and O–H groups in total. The molecule has 0 aliphatic heterocycles. The van der Waals surface area contributed by atoms with Crippen LogP contribution in [0.15, 0.2) is 48.6 Å². The number of hydrogen-bond acceptors (Lipinski definition) is 5. The second kappa shape index (κ2) is 58.1. The van der Waals surface area contributed by atoms with Crippen molar-refractivity contribution < 1.29 is 32.9 Å². The highest BCUT2D eigenvalue weighted by atomic mass is 31.2. The second-order valence-corrected chi connectivity index (χ2v) is 25.3. The van der Waals surface area contributed by atoms with Gasteiger partial charge in [0.25, 0.3) is 0 Å². The van der Waals surface area contributed by atoms with Crippen LogP contribution in [0.4, 0.5) is 0 Å². The average Bonchev–Trinajstić information content (AvgIpc) is 3.38. The van der Waals surface area contributed by atoms with Gasteiger partial charge in [0.1, 0.15) is 13.2 Å². The molecule has 0 fully saturated rings. The van der Waals surface area contributed by atoms with Gasteiger partial charge in [-0.25, -0.2) is 4.57 Å². The van der Waals surface area contributed by atoms with E-state index in [1.807, 2.05) is 27.2 Å². The fraction of sp³-hybridized carbons (Fsp3) is 0.866. The Kier molecular flexibility index (Phi) is 56.9. The topological polar surface area (TPSA) is 105 Å². The van der Waals surface area contributed by atoms with Gasteiger partial charge >= 0.3 is 7.82 Å². The van der Waals surface area contributed by atoms with Gasteiger partial charge in [0, 0.05) is 6.42 Å². The maximum Gasteiger partial charge on any atom is 0.472 e. The number of carbonyl (C=O) groups excluding carboxylic acids is 1. The number of likely N-dealkylation sites (N-methyl/N-ethyl adjacent to an activating group) is 1. The highest BCUT2D eigenvalue weighted by Gasteiger charge is 2.28. The number of rotatable bonds is 61. The Morgan fingerprint density at radius 1 is 0.447 bits per heavy atom. The van der Waals surface area contributed by atoms with Gasteiger partial charge in [-0.05, 0) is 64.2 Å². The summed E-state index contributed by atoms with van der Waals surface area (Å²) in [6.07, 6.45) is 78.2. The molecule has 0 rings (SSSR count). The fourth-order valence-corrected chi connectivity index (χ4v) is 10.6. The maximum absolute atomic E-state index is 13.0. The van der Waals surface area contributed by atoms with Crippen LogP contribution in [0, 0.1) is 0 Å². The SMILES string of the molecule is CCCCCCC/C=C\C/C=C\CCCCCCCCCCCCCCCC(=O)NC(COP(=O)(O)OCC[N+](C)(C)C)C(O)/C=C/CC/C=C/CCCCCCCCCCCCCCCCCCCCCCCCC. The minimum absolute atomic E-state index is 0.0561. The van der Waals surface area contributed by atoms with E-state index in [0.717, 1.165) is 44.9 Å². The van der Waals surface area contributed by atoms with Crippen molar-refractivity contribution in [3.8, 4) is 0 Å². The average molecular weight is 1090 g/mol. The normalized spacial score (nSPS) is 14.0. The predicted octanol–water partition coefficient (Wildman–Crippen LogP) is 20.7. The summed E-state index contributed by atoms with van der Waals surface area (Å²) in [6, 6.07) is -0.866. The van der Waals surface area contributed by atoms with Crippen LogP contribution in [0.1, 0.15) is 322 Å². The van der Waals surface area contributed by atoms with E-state index in [1.54, 1.807) is 6.08 Å². The number of hydrogen-bond donors (Lipinski definition) is 3. The lowest BCUT2D eigenvalue weighted by Gasteiger charge is -2.25. The molecule has 0 saturated heterocycles. The largest absolute Gasteiger partial charge is 0.472 e. The number of phosphoric ester groups is 1. The number of unbranched alkanes of at least 4 members (excludes halogenated alkanes) is 42. The summed E-state index contributed by atoms with van der Waals surface area (Å²) in [5.41, 5.74) is 0. The number of nitrogens with one attached hydrogen (secondary N) is 1. The fourth-order valence-electron chi connectivity index (χ4n) is 9.86. The van der Waals surface area contributed by atoms with E-state index in [2.05, 4.69) is 55.6 Å². The van der Waals surface area contributed by atoms with Crippen molar-refractivity contribution in [2.24, 2.45) is 0 Å². The first-order valence-electron chi connectivity index (χ1n) is 33.0. The van der Waals surface area contributed by atoms with Crippen molar-refractivity contribution in [3.05, 3.63) is 48.6 Å². The smallest absolute Gasteiger partial charge is 0.387 e. The van der Waals surface area contributed by atoms with Crippen LogP contribution in [0.3, 0.4) is 0 Å². The molecule has 0 heterocycles. The summed E-state index contributed by atoms with van der Waals surface area (Å²) in [7, 11) is 1.56. The Morgan fingerprint density at radius 3 is 1.13 bits per heavy atom. The molecule has 8 nitrogen and oxygen atoms in total. The molecule has 0 aromatic heterocycles. The van der Waals surface area contributed by atoms with Gasteiger partial charge in [-0.3, -0.25) is 13.8 Å². The van der Waals surface area contributed by atoms with Gasteiger partial charge in [-0.15, -0.1) is 0 Å². The number of carbonyl (C=O) groups is 1. The first-order chi connectivity index (χ1) is 37.0. The van der Waals surface area contributed by atoms with Crippen LogP contribution in [-0.4, -0.2) is 73.4 Å². The third-order valence-corrected chi connectivity index (χ3v) is 16.0. The molecule has 9 heteroatoms. The number of aliphatic hydroxyl groups is 1. The lowest BCUT2D eigenvalue weighted by molar-refractivity contribution is -0.870. The number of phosphoric acid groups is 1. The van der Waals surface area contributed by atoms with Crippen LogP contribution in [0.2, 0.25) is 0 Å². The molecule has 0 aliphatic carbocycles. The van der Waals surface area contributed by atoms with Crippen LogP contribution in [0.5, 0.6) is 0 Å². The highest BCUT2D eigenvalue weighted by Crippen LogP contribution is 2.43. The van der Waals surface area contributed by atoms with Crippen molar-refractivity contribution in [1.82, 2.24) is 5.32 Å². The number of aliphatic hydroxyl groups excluding tert-OH is 1. The third kappa shape index (κ3) is 60.1. The summed E-state index contributed by atoms with van der Waals surface area (Å²) >= 11 is 0. The Balaban J connectivity index is 4.15. The molecule has 0 bridgehead atoms. The molecule has 0 saturated carbocycles. The minimum Gasteiger partial charge on any atom is -0.387 e. The zero-order valence-corrected chi connectivity index (χ0v) is 52.2. The van der Waals surface area contributed by atoms with Gasteiger partial charge in [0.15, 0.2) is 0 Å². The zero-order valence-electron chi connectivity index (χ0n) is 51.3.